The van der Waals surface area contributed by atoms with Crippen LogP contribution in [-0.4, -0.2) is 37.0 Å². The number of carbonyl (C=O) groups excluding carboxylic acids is 1. The molecule has 0 saturated heterocycles. The van der Waals surface area contributed by atoms with Gasteiger partial charge in [-0.05, 0) is 26.8 Å². The first-order valence-electron chi connectivity index (χ1n) is 6.80. The summed E-state index contributed by atoms with van der Waals surface area (Å²) in [5.74, 6) is 0.524. The average molecular weight is 296 g/mol. The van der Waals surface area contributed by atoms with Crippen LogP contribution in [0.25, 0.3) is 0 Å². The molecule has 118 valence electrons. The van der Waals surface area contributed by atoms with Crippen LogP contribution in [-0.2, 0) is 4.74 Å². The molecular weight excluding hydrogens is 272 g/mol. The first-order chi connectivity index (χ1) is 9.76. The van der Waals surface area contributed by atoms with Crippen LogP contribution in [0.5, 0.6) is 11.5 Å². The molecule has 1 aromatic carbocycles. The number of alkyl carbamates (subject to hydrolysis) is 1. The Hall–Kier alpha value is -1.95. The van der Waals surface area contributed by atoms with Gasteiger partial charge in [0, 0.05) is 30.6 Å². The van der Waals surface area contributed by atoms with E-state index in [1.807, 2.05) is 0 Å². The summed E-state index contributed by atoms with van der Waals surface area (Å²) in [7, 11) is 1.52. The molecule has 1 atom stereocenters. The number of rotatable bonds is 5. The van der Waals surface area contributed by atoms with E-state index in [0.29, 0.717) is 18.8 Å². The molecule has 0 aliphatic heterocycles. The average Bonchev–Trinajstić information content (AvgIpc) is 2.38. The van der Waals surface area contributed by atoms with Crippen molar-refractivity contribution in [1.82, 2.24) is 5.32 Å². The molecule has 1 unspecified atom stereocenters. The fourth-order valence-electron chi connectivity index (χ4n) is 1.88. The Bertz CT molecular complexity index is 483. The number of ether oxygens (including phenoxy) is 2. The molecule has 1 aromatic rings. The summed E-state index contributed by atoms with van der Waals surface area (Å²) in [4.78, 5) is 11.7. The molecule has 0 spiro atoms. The van der Waals surface area contributed by atoms with E-state index in [-0.39, 0.29) is 11.7 Å². The smallest absolute Gasteiger partial charge is 0.407 e. The SMILES string of the molecule is COc1cc(O)ccc1C(CN)CNC(=O)OC(C)(C)C. The highest BCUT2D eigenvalue weighted by Gasteiger charge is 2.19. The van der Waals surface area contributed by atoms with Gasteiger partial charge in [-0.2, -0.15) is 0 Å². The van der Waals surface area contributed by atoms with Crippen molar-refractivity contribution in [1.29, 1.82) is 0 Å². The normalized spacial score (nSPS) is 12.6. The summed E-state index contributed by atoms with van der Waals surface area (Å²) < 4.78 is 10.4. The van der Waals surface area contributed by atoms with E-state index in [1.54, 1.807) is 32.9 Å². The molecule has 0 aromatic heterocycles. The van der Waals surface area contributed by atoms with Gasteiger partial charge >= 0.3 is 6.09 Å². The van der Waals surface area contributed by atoms with Gasteiger partial charge in [-0.3, -0.25) is 0 Å². The third kappa shape index (κ3) is 5.51. The third-order valence-corrected chi connectivity index (χ3v) is 2.83. The van der Waals surface area contributed by atoms with Gasteiger partial charge in [-0.1, -0.05) is 6.07 Å². The lowest BCUT2D eigenvalue weighted by molar-refractivity contribution is 0.0524. The van der Waals surface area contributed by atoms with Crippen LogP contribution in [0.2, 0.25) is 0 Å². The second-order valence-electron chi connectivity index (χ2n) is 5.74. The molecule has 6 nitrogen and oxygen atoms in total. The number of carbonyl (C=O) groups is 1. The van der Waals surface area contributed by atoms with Crippen LogP contribution in [0.3, 0.4) is 0 Å². The Morgan fingerprint density at radius 2 is 2.10 bits per heavy atom. The van der Waals surface area contributed by atoms with Crippen molar-refractivity contribution in [2.45, 2.75) is 32.3 Å². The van der Waals surface area contributed by atoms with Crippen molar-refractivity contribution >= 4 is 6.09 Å². The molecule has 1 rings (SSSR count). The molecule has 0 bridgehead atoms. The summed E-state index contributed by atoms with van der Waals surface area (Å²) in [5.41, 5.74) is 6.05. The van der Waals surface area contributed by atoms with Gasteiger partial charge in [0.05, 0.1) is 7.11 Å². The van der Waals surface area contributed by atoms with E-state index in [1.165, 1.54) is 13.2 Å². The molecule has 0 aliphatic carbocycles. The fourth-order valence-corrected chi connectivity index (χ4v) is 1.88. The number of nitrogens with two attached hydrogens (primary N) is 1. The number of phenolic OH excluding ortho intramolecular Hbond substituents is 1. The molecule has 0 fully saturated rings. The highest BCUT2D eigenvalue weighted by molar-refractivity contribution is 5.67. The molecule has 0 aliphatic rings. The zero-order valence-electron chi connectivity index (χ0n) is 13.0. The largest absolute Gasteiger partial charge is 0.508 e. The standard InChI is InChI=1S/C15H24N2O4/c1-15(2,3)21-14(19)17-9-10(8-16)12-6-5-11(18)7-13(12)20-4/h5-7,10,18H,8-9,16H2,1-4H3,(H,17,19). The Labute approximate surface area is 125 Å². The number of hydrogen-bond acceptors (Lipinski definition) is 5. The van der Waals surface area contributed by atoms with Crippen molar-refractivity contribution in [3.05, 3.63) is 23.8 Å². The van der Waals surface area contributed by atoms with Gasteiger partial charge in [0.25, 0.3) is 0 Å². The minimum atomic E-state index is -0.543. The van der Waals surface area contributed by atoms with Gasteiger partial charge < -0.3 is 25.6 Å². The first kappa shape index (κ1) is 17.1. The lowest BCUT2D eigenvalue weighted by Gasteiger charge is -2.22. The third-order valence-electron chi connectivity index (χ3n) is 2.83. The Morgan fingerprint density at radius 1 is 1.43 bits per heavy atom. The number of methoxy groups -OCH3 is 1. The molecule has 4 N–H and O–H groups in total. The predicted molar refractivity (Wildman–Crippen MR) is 80.7 cm³/mol. The number of benzene rings is 1. The maximum absolute atomic E-state index is 11.7. The van der Waals surface area contributed by atoms with Crippen LogP contribution in [0.15, 0.2) is 18.2 Å². The number of phenols is 1. The number of amides is 1. The lowest BCUT2D eigenvalue weighted by atomic mass is 9.98. The maximum atomic E-state index is 11.7. The minimum absolute atomic E-state index is 0.117. The Morgan fingerprint density at radius 3 is 2.62 bits per heavy atom. The molecule has 0 radical (unpaired) electrons. The van der Waals surface area contributed by atoms with Gasteiger partial charge in [0.2, 0.25) is 0 Å². The van der Waals surface area contributed by atoms with Crippen LogP contribution in [0, 0.1) is 0 Å². The van der Waals surface area contributed by atoms with Gasteiger partial charge in [-0.25, -0.2) is 4.79 Å². The second kappa shape index (κ2) is 7.17. The molecule has 1 amide bonds. The summed E-state index contributed by atoms with van der Waals surface area (Å²) in [6, 6.07) is 4.82. The highest BCUT2D eigenvalue weighted by Crippen LogP contribution is 2.29. The summed E-state index contributed by atoms with van der Waals surface area (Å²) in [6.07, 6.45) is -0.487. The number of hydrogen-bond donors (Lipinski definition) is 3. The highest BCUT2D eigenvalue weighted by atomic mass is 16.6. The molecule has 0 heterocycles. The second-order valence-corrected chi connectivity index (χ2v) is 5.74. The topological polar surface area (TPSA) is 93.8 Å². The van der Waals surface area contributed by atoms with E-state index < -0.39 is 11.7 Å². The Balaban J connectivity index is 2.74. The van der Waals surface area contributed by atoms with Crippen molar-refractivity contribution in [2.75, 3.05) is 20.2 Å². The lowest BCUT2D eigenvalue weighted by Crippen LogP contribution is -2.36. The van der Waals surface area contributed by atoms with Crippen molar-refractivity contribution in [2.24, 2.45) is 5.73 Å². The Kier molecular flexibility index (Phi) is 5.84. The maximum Gasteiger partial charge on any atom is 0.407 e. The van der Waals surface area contributed by atoms with Crippen molar-refractivity contribution < 1.29 is 19.4 Å². The monoisotopic (exact) mass is 296 g/mol. The van der Waals surface area contributed by atoms with E-state index >= 15 is 0 Å². The zero-order chi connectivity index (χ0) is 16.0. The summed E-state index contributed by atoms with van der Waals surface area (Å²) >= 11 is 0. The number of aromatic hydroxyl groups is 1. The quantitative estimate of drug-likeness (QED) is 0.772. The zero-order valence-corrected chi connectivity index (χ0v) is 13.0. The molecule has 21 heavy (non-hydrogen) atoms. The van der Waals surface area contributed by atoms with Crippen molar-refractivity contribution in [3.8, 4) is 11.5 Å². The molecule has 6 heteroatoms. The van der Waals surface area contributed by atoms with E-state index in [9.17, 15) is 9.90 Å². The molecular formula is C15H24N2O4. The van der Waals surface area contributed by atoms with Gasteiger partial charge in [0.15, 0.2) is 0 Å². The van der Waals surface area contributed by atoms with Crippen LogP contribution >= 0.6 is 0 Å². The predicted octanol–water partition coefficient (Wildman–Crippen LogP) is 1.97. The minimum Gasteiger partial charge on any atom is -0.508 e. The summed E-state index contributed by atoms with van der Waals surface area (Å²) in [5, 5.41) is 12.2. The van der Waals surface area contributed by atoms with Crippen LogP contribution < -0.4 is 15.8 Å². The van der Waals surface area contributed by atoms with E-state index in [4.69, 9.17) is 15.2 Å². The van der Waals surface area contributed by atoms with E-state index in [2.05, 4.69) is 5.32 Å². The van der Waals surface area contributed by atoms with Gasteiger partial charge in [-0.15, -0.1) is 0 Å². The van der Waals surface area contributed by atoms with Crippen LogP contribution in [0.1, 0.15) is 32.3 Å². The summed E-state index contributed by atoms with van der Waals surface area (Å²) in [6.45, 7) is 6.06. The fraction of sp³-hybridized carbons (Fsp3) is 0.533. The number of nitrogens with one attached hydrogen (secondary N) is 1. The van der Waals surface area contributed by atoms with E-state index in [0.717, 1.165) is 5.56 Å². The first-order valence-corrected chi connectivity index (χ1v) is 6.80. The van der Waals surface area contributed by atoms with Crippen LogP contribution in [0.4, 0.5) is 4.79 Å². The van der Waals surface area contributed by atoms with Gasteiger partial charge in [0.1, 0.15) is 17.1 Å². The van der Waals surface area contributed by atoms with Crippen molar-refractivity contribution in [3.63, 3.8) is 0 Å². The molecule has 0 saturated carbocycles.